The van der Waals surface area contributed by atoms with Gasteiger partial charge in [-0.25, -0.2) is 0 Å². The summed E-state index contributed by atoms with van der Waals surface area (Å²) in [5.74, 6) is 0. The van der Waals surface area contributed by atoms with Crippen LogP contribution in [0.5, 0.6) is 0 Å². The second-order valence-electron chi connectivity index (χ2n) is 0. The Morgan fingerprint density at radius 3 is 1.25 bits per heavy atom. The van der Waals surface area contributed by atoms with Crippen molar-refractivity contribution in [3.63, 3.8) is 0 Å². The molecule has 0 saturated carbocycles. The molecule has 0 amide bonds. The first-order valence-electron chi connectivity index (χ1n) is 0.129. The Balaban J connectivity index is -0.00000000500. The molecule has 0 bridgehead atoms. The molecule has 4 heavy (non-hydrogen) atoms. The van der Waals surface area contributed by atoms with Crippen molar-refractivity contribution in [1.82, 2.24) is 0 Å². The van der Waals surface area contributed by atoms with Crippen LogP contribution in [0.15, 0.2) is 0 Å². The summed E-state index contributed by atoms with van der Waals surface area (Å²) in [6.45, 7) is 0. The largest absolute Gasteiger partial charge is 0 e. The van der Waals surface area contributed by atoms with Crippen LogP contribution < -0.4 is 0 Å². The molecule has 0 heterocycles. The summed E-state index contributed by atoms with van der Waals surface area (Å²) in [6, 6.07) is 0. The molecule has 27 valence electrons. The van der Waals surface area contributed by atoms with E-state index in [1.54, 1.807) is 0 Å². The second kappa shape index (κ2) is 25.6. The Bertz CT molecular complexity index is 8.00. The zero-order valence-corrected chi connectivity index (χ0v) is 6.76. The molecule has 0 spiro atoms. The van der Waals surface area contributed by atoms with Crippen LogP contribution in [-0.2, 0) is 55.5 Å². The summed E-state index contributed by atoms with van der Waals surface area (Å²) in [7, 11) is 0. The van der Waals surface area contributed by atoms with E-state index in [0.717, 1.165) is 0 Å². The average molecular weight is 199 g/mol. The molecule has 4 heteroatoms. The van der Waals surface area contributed by atoms with Crippen LogP contribution in [-0.4, -0.2) is 0 Å². The van der Waals surface area contributed by atoms with E-state index in [0.29, 0.717) is 0 Å². The van der Waals surface area contributed by atoms with Gasteiger partial charge >= 0.3 is 19.3 Å². The Morgan fingerprint density at radius 2 is 1.25 bits per heavy atom. The predicted molar refractivity (Wildman–Crippen MR) is 0.686 cm³/mol. The van der Waals surface area contributed by atoms with Gasteiger partial charge in [-0.05, 0) is 0 Å². The third-order valence-electron chi connectivity index (χ3n) is 0. The zero-order valence-electron chi connectivity index (χ0n) is 1.76. The molecule has 0 aliphatic rings. The normalized spacial score (nSPS) is 1.50. The van der Waals surface area contributed by atoms with Gasteiger partial charge < -0.3 is 0 Å². The number of hydrogen-bond acceptors (Lipinski definition) is 1. The molecule has 0 aliphatic carbocycles. The summed E-state index contributed by atoms with van der Waals surface area (Å²) < 4.78 is 7.88. The maximum Gasteiger partial charge on any atom is 0 e. The van der Waals surface area contributed by atoms with Crippen molar-refractivity contribution in [2.75, 3.05) is 0 Å². The van der Waals surface area contributed by atoms with Crippen LogP contribution in [0, 0.1) is 0 Å². The van der Waals surface area contributed by atoms with E-state index >= 15 is 0 Å². The van der Waals surface area contributed by atoms with Crippen molar-refractivity contribution in [1.29, 1.82) is 0 Å². The van der Waals surface area contributed by atoms with Gasteiger partial charge in [-0.2, -0.15) is 0 Å². The zero-order chi connectivity index (χ0) is 2.00. The van der Waals surface area contributed by atoms with Crippen molar-refractivity contribution < 1.29 is 55.5 Å². The molecule has 1 radical (unpaired) electrons. The molecule has 0 atom stereocenters. The van der Waals surface area contributed by atoms with Gasteiger partial charge in [-0.1, -0.05) is 0 Å². The third-order valence-corrected chi connectivity index (χ3v) is 0. The van der Waals surface area contributed by atoms with Crippen molar-refractivity contribution >= 4 is 0 Å². The first-order valence-corrected chi connectivity index (χ1v) is 0.532. The van der Waals surface area contributed by atoms with Crippen LogP contribution in [0.25, 0.3) is 0 Å². The smallest absolute Gasteiger partial charge is 0 e. The first-order chi connectivity index (χ1) is 1.00. The minimum atomic E-state index is 0. The SMILES string of the molecule is [Co].[O]=[Ni].[Zn]. The summed E-state index contributed by atoms with van der Waals surface area (Å²) in [5, 5.41) is 0. The fraction of sp³-hybridized carbons (Fsp3) is 0. The van der Waals surface area contributed by atoms with E-state index in [1.807, 2.05) is 0 Å². The predicted octanol–water partition coefficient (Wildman–Crippen LogP) is -0.126. The minimum absolute atomic E-state index is 0. The first kappa shape index (κ1) is 18.1. The van der Waals surface area contributed by atoms with Gasteiger partial charge in [0.05, 0.1) is 0 Å². The maximum atomic E-state index is 7.88. The van der Waals surface area contributed by atoms with Gasteiger partial charge in [-0.15, -0.1) is 0 Å². The summed E-state index contributed by atoms with van der Waals surface area (Å²) in [6.07, 6.45) is 0. The molecule has 0 saturated heterocycles. The van der Waals surface area contributed by atoms with Crippen LogP contribution in [0.4, 0.5) is 0 Å². The maximum absolute atomic E-state index is 7.88. The number of hydrogen-bond donors (Lipinski definition) is 0. The van der Waals surface area contributed by atoms with Gasteiger partial charge in [0.2, 0.25) is 0 Å². The molecule has 0 unspecified atom stereocenters. The van der Waals surface area contributed by atoms with Crippen LogP contribution in [0.3, 0.4) is 0 Å². The molecule has 0 N–H and O–H groups in total. The van der Waals surface area contributed by atoms with E-state index in [4.69, 9.17) is 3.90 Å². The standard InChI is InChI=1S/Co.Ni.O.Zn. The van der Waals surface area contributed by atoms with Crippen LogP contribution in [0.2, 0.25) is 0 Å². The van der Waals surface area contributed by atoms with E-state index in [9.17, 15) is 0 Å². The topological polar surface area (TPSA) is 17.1 Å². The average Bonchev–Trinajstić information content (AvgIpc) is 1.00. The molecular weight excluding hydrogens is 199 g/mol. The Hall–Kier alpha value is 1.42. The summed E-state index contributed by atoms with van der Waals surface area (Å²) >= 11 is 2.62. The van der Waals surface area contributed by atoms with Gasteiger partial charge in [-0.3, -0.25) is 0 Å². The van der Waals surface area contributed by atoms with Gasteiger partial charge in [0.1, 0.15) is 0 Å². The number of rotatable bonds is 0. The third kappa shape index (κ3) is 9.92. The summed E-state index contributed by atoms with van der Waals surface area (Å²) in [5.41, 5.74) is 0. The minimum Gasteiger partial charge on any atom is 0 e. The molecule has 0 rings (SSSR count). The van der Waals surface area contributed by atoms with Crippen LogP contribution >= 0.6 is 0 Å². The van der Waals surface area contributed by atoms with Gasteiger partial charge in [0, 0.05) is 36.3 Å². The summed E-state index contributed by atoms with van der Waals surface area (Å²) in [4.78, 5) is 0. The van der Waals surface area contributed by atoms with Crippen molar-refractivity contribution in [2.45, 2.75) is 0 Å². The Morgan fingerprint density at radius 1 is 1.25 bits per heavy atom. The van der Waals surface area contributed by atoms with Crippen molar-refractivity contribution in [3.05, 3.63) is 0 Å². The van der Waals surface area contributed by atoms with Crippen LogP contribution in [0.1, 0.15) is 0 Å². The molecule has 0 aliphatic heterocycles. The van der Waals surface area contributed by atoms with E-state index in [-0.39, 0.29) is 36.3 Å². The Kier molecular flexibility index (Phi) is 116. The molecule has 0 aromatic heterocycles. The van der Waals surface area contributed by atoms with Crippen molar-refractivity contribution in [2.24, 2.45) is 0 Å². The van der Waals surface area contributed by atoms with E-state index in [1.165, 1.54) is 0 Å². The van der Waals surface area contributed by atoms with Gasteiger partial charge in [0.25, 0.3) is 0 Å². The van der Waals surface area contributed by atoms with E-state index in [2.05, 4.69) is 15.4 Å². The molecule has 0 fully saturated rings. The molecule has 1 nitrogen and oxygen atoms in total. The van der Waals surface area contributed by atoms with Crippen molar-refractivity contribution in [3.8, 4) is 0 Å². The second-order valence-corrected chi connectivity index (χ2v) is 0. The van der Waals surface area contributed by atoms with E-state index < -0.39 is 0 Å². The fourth-order valence-electron chi connectivity index (χ4n) is 0. The molecule has 0 aromatic carbocycles. The monoisotopic (exact) mass is 197 g/mol. The quantitative estimate of drug-likeness (QED) is 0.497. The molecular formula is CoNiOZn. The fourth-order valence-corrected chi connectivity index (χ4v) is 0. The Labute approximate surface area is 55.4 Å². The van der Waals surface area contributed by atoms with Gasteiger partial charge in [0.15, 0.2) is 0 Å². The molecule has 0 aromatic rings.